The lowest BCUT2D eigenvalue weighted by atomic mass is 9.81. The first-order chi connectivity index (χ1) is 20.6. The molecule has 6 nitrogen and oxygen atoms in total. The third-order valence-corrected chi connectivity index (χ3v) is 9.20. The van der Waals surface area contributed by atoms with Crippen LogP contribution in [0.25, 0.3) is 11.1 Å². The molecule has 1 atom stereocenters. The number of halogens is 1. The van der Waals surface area contributed by atoms with E-state index >= 15 is 0 Å². The molecule has 0 radical (unpaired) electrons. The molecule has 1 N–H and O–H groups in total. The van der Waals surface area contributed by atoms with E-state index in [0.29, 0.717) is 23.4 Å². The summed E-state index contributed by atoms with van der Waals surface area (Å²) < 4.78 is 20.4. The van der Waals surface area contributed by atoms with Crippen molar-refractivity contribution in [2.75, 3.05) is 24.5 Å². The number of anilines is 1. The first-order valence-electron chi connectivity index (χ1n) is 15.9. The Hall–Kier alpha value is -3.29. The molecule has 0 bridgehead atoms. The molecule has 1 fully saturated rings. The minimum atomic E-state index is -1.13. The number of carboxylic acid groups (broad SMARTS) is 1. The van der Waals surface area contributed by atoms with Crippen LogP contribution in [0, 0.1) is 32.0 Å². The molecule has 2 aliphatic rings. The zero-order chi connectivity index (χ0) is 32.0. The van der Waals surface area contributed by atoms with Gasteiger partial charge in [-0.25, -0.2) is 9.18 Å². The van der Waals surface area contributed by atoms with Gasteiger partial charge in [-0.3, -0.25) is 9.88 Å². The van der Waals surface area contributed by atoms with Crippen LogP contribution in [0.1, 0.15) is 92.8 Å². The van der Waals surface area contributed by atoms with E-state index in [0.717, 1.165) is 73.5 Å². The van der Waals surface area contributed by atoms with Crippen molar-refractivity contribution in [3.8, 4) is 11.1 Å². The van der Waals surface area contributed by atoms with Crippen molar-refractivity contribution in [3.05, 3.63) is 81.4 Å². The van der Waals surface area contributed by atoms with Gasteiger partial charge in [0.25, 0.3) is 0 Å². The van der Waals surface area contributed by atoms with Crippen molar-refractivity contribution in [2.24, 2.45) is 5.41 Å². The van der Waals surface area contributed by atoms with Crippen LogP contribution >= 0.6 is 0 Å². The lowest BCUT2D eigenvalue weighted by Gasteiger charge is -2.41. The van der Waals surface area contributed by atoms with Crippen molar-refractivity contribution in [3.63, 3.8) is 0 Å². The lowest BCUT2D eigenvalue weighted by Crippen LogP contribution is -2.39. The van der Waals surface area contributed by atoms with Crippen LogP contribution in [0.4, 0.5) is 10.1 Å². The number of piperidine rings is 1. The summed E-state index contributed by atoms with van der Waals surface area (Å²) in [6.07, 6.45) is 1.80. The van der Waals surface area contributed by atoms with Gasteiger partial charge in [0.15, 0.2) is 6.10 Å². The van der Waals surface area contributed by atoms with E-state index < -0.39 is 17.7 Å². The zero-order valence-corrected chi connectivity index (χ0v) is 27.7. The largest absolute Gasteiger partial charge is 0.479 e. The molecule has 3 aromatic rings. The van der Waals surface area contributed by atoms with Crippen LogP contribution in [0.5, 0.6) is 0 Å². The number of rotatable bonds is 7. The number of aliphatic carboxylic acids is 1. The molecule has 236 valence electrons. The lowest BCUT2D eigenvalue weighted by molar-refractivity contribution is -0.160. The van der Waals surface area contributed by atoms with Crippen molar-refractivity contribution < 1.29 is 19.0 Å². The number of aryl methyl sites for hydroxylation is 3. The van der Waals surface area contributed by atoms with Crippen LogP contribution in [0.2, 0.25) is 0 Å². The van der Waals surface area contributed by atoms with Crippen LogP contribution in [-0.4, -0.2) is 46.2 Å². The van der Waals surface area contributed by atoms with Crippen molar-refractivity contribution in [2.45, 2.75) is 99.4 Å². The van der Waals surface area contributed by atoms with E-state index in [4.69, 9.17) is 9.72 Å². The number of nitrogens with zero attached hydrogens (tertiary/aromatic N) is 3. The van der Waals surface area contributed by atoms with Gasteiger partial charge in [0.05, 0.1) is 11.3 Å². The molecule has 2 aromatic carbocycles. The molecule has 0 saturated carbocycles. The van der Waals surface area contributed by atoms with E-state index in [1.165, 1.54) is 11.1 Å². The SMILES string of the molecule is Cc1ccc(CN2CCc3cc(-c4c(C)nc(C)c([C@H](OC(C)(C)C)C(=O)O)c4N4CCC(C)(C)CC4)ccc3C2)cc1F. The van der Waals surface area contributed by atoms with Gasteiger partial charge in [-0.05, 0) is 100 Å². The number of hydrogen-bond donors (Lipinski definition) is 1. The summed E-state index contributed by atoms with van der Waals surface area (Å²) >= 11 is 0. The molecule has 44 heavy (non-hydrogen) atoms. The first kappa shape index (κ1) is 32.1. The Morgan fingerprint density at radius 1 is 1.02 bits per heavy atom. The molecule has 0 unspecified atom stereocenters. The Morgan fingerprint density at radius 3 is 2.36 bits per heavy atom. The maximum atomic E-state index is 14.2. The summed E-state index contributed by atoms with van der Waals surface area (Å²) in [5.41, 5.74) is 9.06. The normalized spacial score (nSPS) is 17.8. The molecule has 1 aromatic heterocycles. The molecule has 0 amide bonds. The fourth-order valence-electron chi connectivity index (χ4n) is 6.65. The predicted octanol–water partition coefficient (Wildman–Crippen LogP) is 7.94. The fourth-order valence-corrected chi connectivity index (χ4v) is 6.65. The summed E-state index contributed by atoms with van der Waals surface area (Å²) in [6, 6.07) is 12.2. The third-order valence-electron chi connectivity index (χ3n) is 9.20. The standard InChI is InChI=1S/C37H48FN3O3/c1-23-9-10-26(19-30(23)38)21-40-16-13-27-20-28(11-12-29(27)22-40)31-24(2)39-25(3)32(34(35(42)43)44-36(4,5)6)33(31)41-17-14-37(7,8)15-18-41/h9-12,19-20,34H,13-18,21-22H2,1-8H3,(H,42,43)/t34-/m0/s1. The summed E-state index contributed by atoms with van der Waals surface area (Å²) in [7, 11) is 0. The number of aromatic nitrogens is 1. The number of carboxylic acids is 1. The quantitative estimate of drug-likeness (QED) is 0.297. The minimum Gasteiger partial charge on any atom is -0.479 e. The molecule has 3 heterocycles. The van der Waals surface area contributed by atoms with Crippen LogP contribution in [0.15, 0.2) is 36.4 Å². The molecular weight excluding hydrogens is 553 g/mol. The summed E-state index contributed by atoms with van der Waals surface area (Å²) in [6.45, 7) is 20.1. The maximum Gasteiger partial charge on any atom is 0.337 e. The van der Waals surface area contributed by atoms with E-state index in [1.54, 1.807) is 13.0 Å². The zero-order valence-electron chi connectivity index (χ0n) is 27.7. The molecule has 0 aliphatic carbocycles. The van der Waals surface area contributed by atoms with Gasteiger partial charge >= 0.3 is 5.97 Å². The summed E-state index contributed by atoms with van der Waals surface area (Å²) in [4.78, 5) is 22.5. The van der Waals surface area contributed by atoms with E-state index in [1.807, 2.05) is 46.8 Å². The van der Waals surface area contributed by atoms with E-state index in [9.17, 15) is 14.3 Å². The monoisotopic (exact) mass is 601 g/mol. The van der Waals surface area contributed by atoms with Gasteiger partial charge in [-0.2, -0.15) is 0 Å². The molecule has 0 spiro atoms. The topological polar surface area (TPSA) is 65.9 Å². The highest BCUT2D eigenvalue weighted by Crippen LogP contribution is 2.45. The summed E-state index contributed by atoms with van der Waals surface area (Å²) in [5.74, 6) is -1.16. The fraction of sp³-hybridized carbons (Fsp3) is 0.514. The van der Waals surface area contributed by atoms with E-state index in [-0.39, 0.29) is 11.2 Å². The van der Waals surface area contributed by atoms with Gasteiger partial charge in [-0.15, -0.1) is 0 Å². The van der Waals surface area contributed by atoms with Crippen molar-refractivity contribution in [1.29, 1.82) is 0 Å². The second-order valence-electron chi connectivity index (χ2n) is 14.5. The maximum absolute atomic E-state index is 14.2. The van der Waals surface area contributed by atoms with Crippen LogP contribution in [0.3, 0.4) is 0 Å². The molecular formula is C37H48FN3O3. The molecule has 5 rings (SSSR count). The number of fused-ring (bicyclic) bond motifs is 1. The Morgan fingerprint density at radius 2 is 1.73 bits per heavy atom. The van der Waals surface area contributed by atoms with Gasteiger partial charge in [0, 0.05) is 55.2 Å². The average molecular weight is 602 g/mol. The predicted molar refractivity (Wildman–Crippen MR) is 175 cm³/mol. The Balaban J connectivity index is 1.56. The molecule has 1 saturated heterocycles. The highest BCUT2D eigenvalue weighted by Gasteiger charge is 2.36. The Kier molecular flexibility index (Phi) is 8.94. The van der Waals surface area contributed by atoms with Gasteiger partial charge in [0.1, 0.15) is 5.82 Å². The number of carbonyl (C=O) groups is 1. The first-order valence-corrected chi connectivity index (χ1v) is 15.9. The third kappa shape index (κ3) is 7.00. The van der Waals surface area contributed by atoms with Gasteiger partial charge in [0.2, 0.25) is 0 Å². The highest BCUT2D eigenvalue weighted by molar-refractivity contribution is 5.88. The van der Waals surface area contributed by atoms with Gasteiger partial charge in [-0.1, -0.05) is 44.2 Å². The van der Waals surface area contributed by atoms with Crippen LogP contribution in [-0.2, 0) is 29.0 Å². The second kappa shape index (κ2) is 12.2. The Labute approximate surface area is 262 Å². The molecule has 7 heteroatoms. The van der Waals surface area contributed by atoms with Crippen molar-refractivity contribution in [1.82, 2.24) is 9.88 Å². The second-order valence-corrected chi connectivity index (χ2v) is 14.5. The van der Waals surface area contributed by atoms with Crippen LogP contribution < -0.4 is 4.90 Å². The minimum absolute atomic E-state index is 0.155. The number of benzene rings is 2. The highest BCUT2D eigenvalue weighted by atomic mass is 19.1. The summed E-state index contributed by atoms with van der Waals surface area (Å²) in [5, 5.41) is 10.5. The number of pyridine rings is 1. The van der Waals surface area contributed by atoms with Gasteiger partial charge < -0.3 is 14.7 Å². The molecule has 2 aliphatic heterocycles. The van der Waals surface area contributed by atoms with E-state index in [2.05, 4.69) is 41.8 Å². The average Bonchev–Trinajstić information content (AvgIpc) is 2.93. The number of ether oxygens (including phenoxy) is 1. The Bertz CT molecular complexity index is 1550. The number of hydrogen-bond acceptors (Lipinski definition) is 5. The smallest absolute Gasteiger partial charge is 0.337 e. The van der Waals surface area contributed by atoms with Crippen molar-refractivity contribution >= 4 is 11.7 Å².